The largest absolute Gasteiger partial charge is 0.368 e. The Morgan fingerprint density at radius 2 is 1.89 bits per heavy atom. The van der Waals surface area contributed by atoms with Crippen LogP contribution in [-0.4, -0.2) is 42.1 Å². The number of para-hydroxylation sites is 1. The van der Waals surface area contributed by atoms with Crippen molar-refractivity contribution in [2.24, 2.45) is 0 Å². The molecule has 4 rings (SSSR count). The maximum absolute atomic E-state index is 12.6. The molecule has 0 bridgehead atoms. The number of piperazine rings is 1. The number of anilines is 4. The number of amides is 1. The van der Waals surface area contributed by atoms with Crippen LogP contribution in [0.15, 0.2) is 54.2 Å². The molecule has 138 valence electrons. The van der Waals surface area contributed by atoms with E-state index in [1.165, 1.54) is 11.3 Å². The van der Waals surface area contributed by atoms with E-state index in [-0.39, 0.29) is 5.91 Å². The first-order valence-corrected chi connectivity index (χ1v) is 9.66. The second-order valence-electron chi connectivity index (χ2n) is 6.11. The Balaban J connectivity index is 1.43. The molecule has 3 aromatic rings. The standard InChI is InChI=1S/C19H20N6OS/c26-18(17-19(27-13-22-17)23-14-4-2-1-3-5-14)24-16-7-6-15(12-21-16)25-10-8-20-9-11-25/h1-7,12-13,20,23H,8-11H2,(H,21,24,26). The lowest BCUT2D eigenvalue weighted by molar-refractivity contribution is 0.102. The zero-order valence-corrected chi connectivity index (χ0v) is 15.5. The summed E-state index contributed by atoms with van der Waals surface area (Å²) >= 11 is 1.39. The van der Waals surface area contributed by atoms with E-state index in [1.54, 1.807) is 11.7 Å². The SMILES string of the molecule is O=C(Nc1ccc(N2CCNCC2)cn1)c1ncsc1Nc1ccccc1. The van der Waals surface area contributed by atoms with E-state index >= 15 is 0 Å². The Hall–Kier alpha value is -2.97. The van der Waals surface area contributed by atoms with E-state index in [0.717, 1.165) is 37.6 Å². The van der Waals surface area contributed by atoms with Crippen molar-refractivity contribution in [1.82, 2.24) is 15.3 Å². The van der Waals surface area contributed by atoms with Crippen LogP contribution >= 0.6 is 11.3 Å². The van der Waals surface area contributed by atoms with Crippen LogP contribution in [0.3, 0.4) is 0 Å². The zero-order valence-electron chi connectivity index (χ0n) is 14.7. The molecule has 3 N–H and O–H groups in total. The molecule has 0 unspecified atom stereocenters. The topological polar surface area (TPSA) is 82.2 Å². The highest BCUT2D eigenvalue weighted by molar-refractivity contribution is 7.14. The summed E-state index contributed by atoms with van der Waals surface area (Å²) in [7, 11) is 0. The van der Waals surface area contributed by atoms with E-state index in [1.807, 2.05) is 42.5 Å². The lowest BCUT2D eigenvalue weighted by Gasteiger charge is -2.29. The number of aromatic nitrogens is 2. The first-order valence-electron chi connectivity index (χ1n) is 8.78. The minimum absolute atomic E-state index is 0.280. The monoisotopic (exact) mass is 380 g/mol. The Labute approximate surface area is 161 Å². The molecular formula is C19H20N6OS. The minimum Gasteiger partial charge on any atom is -0.368 e. The average Bonchev–Trinajstić information content (AvgIpc) is 3.18. The summed E-state index contributed by atoms with van der Waals surface area (Å²) < 4.78 is 0. The summed E-state index contributed by atoms with van der Waals surface area (Å²) in [5.74, 6) is 0.231. The van der Waals surface area contributed by atoms with Gasteiger partial charge >= 0.3 is 0 Å². The normalized spacial score (nSPS) is 14.0. The van der Waals surface area contributed by atoms with Crippen LogP contribution in [0.2, 0.25) is 0 Å². The van der Waals surface area contributed by atoms with Gasteiger partial charge in [-0.2, -0.15) is 0 Å². The molecule has 0 saturated carbocycles. The van der Waals surface area contributed by atoms with Gasteiger partial charge in [-0.3, -0.25) is 4.79 Å². The molecule has 27 heavy (non-hydrogen) atoms. The fraction of sp³-hybridized carbons (Fsp3) is 0.211. The molecule has 3 heterocycles. The van der Waals surface area contributed by atoms with Crippen molar-refractivity contribution < 1.29 is 4.79 Å². The van der Waals surface area contributed by atoms with E-state index in [0.29, 0.717) is 16.5 Å². The van der Waals surface area contributed by atoms with E-state index in [9.17, 15) is 4.79 Å². The van der Waals surface area contributed by atoms with Gasteiger partial charge < -0.3 is 20.9 Å². The average molecular weight is 380 g/mol. The highest BCUT2D eigenvalue weighted by atomic mass is 32.1. The number of nitrogens with zero attached hydrogens (tertiary/aromatic N) is 3. The maximum atomic E-state index is 12.6. The van der Waals surface area contributed by atoms with Gasteiger partial charge in [-0.05, 0) is 24.3 Å². The molecule has 1 aromatic carbocycles. The molecule has 1 fully saturated rings. The number of pyridine rings is 1. The molecule has 7 nitrogen and oxygen atoms in total. The van der Waals surface area contributed by atoms with Crippen molar-refractivity contribution in [2.75, 3.05) is 41.7 Å². The van der Waals surface area contributed by atoms with Gasteiger partial charge in [0.25, 0.3) is 5.91 Å². The van der Waals surface area contributed by atoms with Gasteiger partial charge in [0.2, 0.25) is 0 Å². The summed E-state index contributed by atoms with van der Waals surface area (Å²) in [6, 6.07) is 13.5. The van der Waals surface area contributed by atoms with Crippen LogP contribution in [0.4, 0.5) is 22.2 Å². The zero-order chi connectivity index (χ0) is 18.5. The van der Waals surface area contributed by atoms with Crippen LogP contribution in [0.1, 0.15) is 10.5 Å². The number of rotatable bonds is 5. The second-order valence-corrected chi connectivity index (χ2v) is 6.97. The molecular weight excluding hydrogens is 360 g/mol. The second kappa shape index (κ2) is 8.15. The van der Waals surface area contributed by atoms with Gasteiger partial charge in [0, 0.05) is 31.9 Å². The fourth-order valence-electron chi connectivity index (χ4n) is 2.89. The van der Waals surface area contributed by atoms with Gasteiger partial charge in [0.1, 0.15) is 10.8 Å². The highest BCUT2D eigenvalue weighted by Crippen LogP contribution is 2.25. The third-order valence-corrected chi connectivity index (χ3v) is 5.03. The van der Waals surface area contributed by atoms with Crippen LogP contribution < -0.4 is 20.9 Å². The van der Waals surface area contributed by atoms with Crippen LogP contribution in [0.25, 0.3) is 0 Å². The van der Waals surface area contributed by atoms with Gasteiger partial charge in [-0.25, -0.2) is 9.97 Å². The van der Waals surface area contributed by atoms with Crippen molar-refractivity contribution in [3.05, 3.63) is 59.9 Å². The van der Waals surface area contributed by atoms with Gasteiger partial charge in [0.15, 0.2) is 5.69 Å². The van der Waals surface area contributed by atoms with Crippen molar-refractivity contribution in [2.45, 2.75) is 0 Å². The summed E-state index contributed by atoms with van der Waals surface area (Å²) in [6.45, 7) is 3.86. The van der Waals surface area contributed by atoms with Gasteiger partial charge in [-0.15, -0.1) is 11.3 Å². The first-order chi connectivity index (χ1) is 13.3. The summed E-state index contributed by atoms with van der Waals surface area (Å²) in [6.07, 6.45) is 1.80. The fourth-order valence-corrected chi connectivity index (χ4v) is 3.59. The van der Waals surface area contributed by atoms with E-state index in [2.05, 4.69) is 30.8 Å². The van der Waals surface area contributed by atoms with Gasteiger partial charge in [-0.1, -0.05) is 18.2 Å². The molecule has 8 heteroatoms. The van der Waals surface area contributed by atoms with Crippen molar-refractivity contribution in [3.63, 3.8) is 0 Å². The molecule has 0 spiro atoms. The summed E-state index contributed by atoms with van der Waals surface area (Å²) in [5.41, 5.74) is 3.99. The minimum atomic E-state index is -0.280. The lowest BCUT2D eigenvalue weighted by atomic mass is 10.3. The Bertz CT molecular complexity index is 890. The molecule has 0 aliphatic carbocycles. The molecule has 1 amide bonds. The molecule has 2 aromatic heterocycles. The third-order valence-electron chi connectivity index (χ3n) is 4.29. The number of carbonyl (C=O) groups is 1. The van der Waals surface area contributed by atoms with E-state index in [4.69, 9.17) is 0 Å². The Kier molecular flexibility index (Phi) is 5.27. The predicted octanol–water partition coefficient (Wildman–Crippen LogP) is 2.94. The van der Waals surface area contributed by atoms with Crippen LogP contribution in [0, 0.1) is 0 Å². The number of benzene rings is 1. The van der Waals surface area contributed by atoms with Gasteiger partial charge in [0.05, 0.1) is 17.4 Å². The van der Waals surface area contributed by atoms with Crippen LogP contribution in [0.5, 0.6) is 0 Å². The van der Waals surface area contributed by atoms with Crippen LogP contribution in [-0.2, 0) is 0 Å². The number of nitrogens with one attached hydrogen (secondary N) is 3. The molecule has 1 aliphatic rings. The number of carbonyl (C=O) groups excluding carboxylic acids is 1. The number of hydrogen-bond acceptors (Lipinski definition) is 7. The van der Waals surface area contributed by atoms with Crippen molar-refractivity contribution in [3.8, 4) is 0 Å². The van der Waals surface area contributed by atoms with Crippen molar-refractivity contribution >= 4 is 39.4 Å². The lowest BCUT2D eigenvalue weighted by Crippen LogP contribution is -2.43. The number of thiazole rings is 1. The smallest absolute Gasteiger partial charge is 0.278 e. The predicted molar refractivity (Wildman–Crippen MR) is 109 cm³/mol. The highest BCUT2D eigenvalue weighted by Gasteiger charge is 2.16. The quantitative estimate of drug-likeness (QED) is 0.631. The summed E-state index contributed by atoms with van der Waals surface area (Å²) in [4.78, 5) is 23.5. The Morgan fingerprint density at radius 3 is 2.63 bits per heavy atom. The third kappa shape index (κ3) is 4.24. The summed E-state index contributed by atoms with van der Waals surface area (Å²) in [5, 5.41) is 10.1. The maximum Gasteiger partial charge on any atom is 0.278 e. The molecule has 0 atom stereocenters. The first kappa shape index (κ1) is 17.4. The molecule has 0 radical (unpaired) electrons. The number of hydrogen-bond donors (Lipinski definition) is 3. The molecule has 1 aliphatic heterocycles. The van der Waals surface area contributed by atoms with Crippen molar-refractivity contribution in [1.29, 1.82) is 0 Å². The Morgan fingerprint density at radius 1 is 1.07 bits per heavy atom. The van der Waals surface area contributed by atoms with E-state index < -0.39 is 0 Å². The molecule has 1 saturated heterocycles.